The second-order valence-corrected chi connectivity index (χ2v) is 10.8. The van der Waals surface area contributed by atoms with Gasteiger partial charge >= 0.3 is 5.97 Å². The smallest absolute Gasteiger partial charge is 0.310 e. The summed E-state index contributed by atoms with van der Waals surface area (Å²) in [4.78, 5) is 12.2. The molecule has 0 aromatic heterocycles. The van der Waals surface area contributed by atoms with E-state index in [2.05, 4.69) is 20.8 Å². The quantitative estimate of drug-likeness (QED) is 0.324. The maximum absolute atomic E-state index is 13.1. The standard InChI is InChI=1S/C24H33O4/c1-10-11(2)15-7-14(10)21-16-8-17(22(15)21)20(12(16)3)24(26)27-9-18-13-5-4-6-19(13)28-23(18)25/h10-11,13-19,21-22,26H,4-9H2,1-3H3/q-1/p-1/t10?,11?,13-,14?,15?,16?,17?,18+,19-,21?,22?/m1/s1. The monoisotopic (exact) mass is 384 g/mol. The lowest BCUT2D eigenvalue weighted by Gasteiger charge is -2.50. The third-order valence-corrected chi connectivity index (χ3v) is 10.2. The molecule has 0 aromatic rings. The van der Waals surface area contributed by atoms with Crippen molar-refractivity contribution in [2.75, 3.05) is 6.61 Å². The van der Waals surface area contributed by atoms with E-state index in [1.807, 2.05) is 0 Å². The molecule has 0 aromatic carbocycles. The Balaban J connectivity index is 1.21. The first-order chi connectivity index (χ1) is 13.5. The van der Waals surface area contributed by atoms with Gasteiger partial charge in [0.25, 0.3) is 0 Å². The Bertz CT molecular complexity index is 728. The number of esters is 1. The number of rotatable bonds is 3. The number of carbonyl (C=O) groups excluding carboxylic acids is 1. The van der Waals surface area contributed by atoms with Crippen LogP contribution in [0.15, 0.2) is 11.5 Å². The number of hydrogen-bond acceptors (Lipinski definition) is 4. The Labute approximate surface area is 168 Å². The molecule has 6 rings (SSSR count). The van der Waals surface area contributed by atoms with Crippen LogP contribution in [0.4, 0.5) is 0 Å². The molecule has 6 fully saturated rings. The molecule has 4 bridgehead atoms. The minimum absolute atomic E-state index is 0.0675. The van der Waals surface area contributed by atoms with E-state index >= 15 is 0 Å². The predicted molar refractivity (Wildman–Crippen MR) is 101 cm³/mol. The summed E-state index contributed by atoms with van der Waals surface area (Å²) in [6.45, 7) is 7.26. The minimum atomic E-state index is -0.243. The fourth-order valence-electron chi connectivity index (χ4n) is 8.82. The van der Waals surface area contributed by atoms with Crippen LogP contribution < -0.4 is 5.11 Å². The van der Waals surface area contributed by atoms with Gasteiger partial charge in [-0.3, -0.25) is 4.79 Å². The lowest BCUT2D eigenvalue weighted by atomic mass is 9.61. The van der Waals surface area contributed by atoms with Crippen LogP contribution in [0.1, 0.15) is 52.9 Å². The van der Waals surface area contributed by atoms with Crippen molar-refractivity contribution in [1.29, 1.82) is 0 Å². The molecular formula is C24H32O4-2. The van der Waals surface area contributed by atoms with E-state index in [-0.39, 0.29) is 36.5 Å². The number of hydrogen-bond donors (Lipinski definition) is 0. The molecule has 5 saturated carbocycles. The Morgan fingerprint density at radius 3 is 2.68 bits per heavy atom. The second kappa shape index (κ2) is 5.86. The van der Waals surface area contributed by atoms with Crippen LogP contribution in [0.25, 0.3) is 0 Å². The SMILES string of the molecule is C[C-]1C(=C([O-])OC[C@@H]2C(=O)O[C@@H]3CCC[C@H]23)C2CC1C1C3CC(C(C)C3C)C21. The van der Waals surface area contributed by atoms with Crippen LogP contribution in [0.5, 0.6) is 0 Å². The molecule has 0 radical (unpaired) electrons. The average molecular weight is 385 g/mol. The molecule has 11 atom stereocenters. The normalized spacial score (nSPS) is 54.9. The number of allylic oxidation sites excluding steroid dienone is 1. The molecule has 1 heterocycles. The topological polar surface area (TPSA) is 58.6 Å². The first-order valence-electron chi connectivity index (χ1n) is 11.6. The zero-order valence-electron chi connectivity index (χ0n) is 17.2. The lowest BCUT2D eigenvalue weighted by Crippen LogP contribution is -2.39. The van der Waals surface area contributed by atoms with Gasteiger partial charge in [-0.2, -0.15) is 5.57 Å². The van der Waals surface area contributed by atoms with E-state index < -0.39 is 0 Å². The zero-order valence-corrected chi connectivity index (χ0v) is 17.2. The largest absolute Gasteiger partial charge is 0.698 e. The Morgan fingerprint density at radius 1 is 1.14 bits per heavy atom. The van der Waals surface area contributed by atoms with Gasteiger partial charge in [0.1, 0.15) is 6.10 Å². The summed E-state index contributed by atoms with van der Waals surface area (Å²) in [5.41, 5.74) is 0.980. The van der Waals surface area contributed by atoms with E-state index in [0.717, 1.165) is 60.8 Å². The summed E-state index contributed by atoms with van der Waals surface area (Å²) in [6.07, 6.45) is 5.71. The zero-order chi connectivity index (χ0) is 19.3. The molecule has 8 unspecified atom stereocenters. The first-order valence-corrected chi connectivity index (χ1v) is 11.6. The summed E-state index contributed by atoms with van der Waals surface area (Å²) in [7, 11) is 0. The molecule has 154 valence electrons. The summed E-state index contributed by atoms with van der Waals surface area (Å²) in [5.74, 6) is 6.80. The Hall–Kier alpha value is -1.32. The summed E-state index contributed by atoms with van der Waals surface area (Å²) in [6, 6.07) is 0. The Morgan fingerprint density at radius 2 is 1.89 bits per heavy atom. The molecule has 4 heteroatoms. The van der Waals surface area contributed by atoms with Crippen molar-refractivity contribution >= 4 is 5.97 Å². The fraction of sp³-hybridized carbons (Fsp3) is 0.833. The highest BCUT2D eigenvalue weighted by molar-refractivity contribution is 5.75. The summed E-state index contributed by atoms with van der Waals surface area (Å²) >= 11 is 0. The van der Waals surface area contributed by atoms with Crippen molar-refractivity contribution in [2.45, 2.75) is 59.0 Å². The maximum atomic E-state index is 13.1. The maximum Gasteiger partial charge on any atom is 0.310 e. The second-order valence-electron chi connectivity index (χ2n) is 10.8. The van der Waals surface area contributed by atoms with Gasteiger partial charge in [-0.1, -0.05) is 26.2 Å². The van der Waals surface area contributed by atoms with Crippen LogP contribution in [0.3, 0.4) is 0 Å². The molecular weight excluding hydrogens is 352 g/mol. The van der Waals surface area contributed by atoms with Crippen LogP contribution >= 0.6 is 0 Å². The van der Waals surface area contributed by atoms with Crippen LogP contribution in [-0.4, -0.2) is 18.7 Å². The van der Waals surface area contributed by atoms with Gasteiger partial charge in [0.15, 0.2) is 0 Å². The van der Waals surface area contributed by atoms with Gasteiger partial charge in [0.2, 0.25) is 0 Å². The van der Waals surface area contributed by atoms with Crippen molar-refractivity contribution in [3.05, 3.63) is 17.4 Å². The number of carbonyl (C=O) groups is 1. The van der Waals surface area contributed by atoms with Gasteiger partial charge in [-0.25, -0.2) is 5.92 Å². The molecule has 4 nitrogen and oxygen atoms in total. The van der Waals surface area contributed by atoms with Gasteiger partial charge in [0.05, 0.1) is 5.92 Å². The molecule has 0 amide bonds. The molecule has 0 spiro atoms. The van der Waals surface area contributed by atoms with Gasteiger partial charge in [-0.05, 0) is 73.7 Å². The van der Waals surface area contributed by atoms with Crippen LogP contribution in [0, 0.1) is 65.1 Å². The van der Waals surface area contributed by atoms with Crippen molar-refractivity contribution in [3.63, 3.8) is 0 Å². The van der Waals surface area contributed by atoms with E-state index in [9.17, 15) is 9.90 Å². The van der Waals surface area contributed by atoms with E-state index in [0.29, 0.717) is 17.8 Å². The van der Waals surface area contributed by atoms with Gasteiger partial charge in [-0.15, -0.1) is 12.9 Å². The molecule has 1 saturated heterocycles. The highest BCUT2D eigenvalue weighted by Crippen LogP contribution is 2.73. The molecule has 5 aliphatic carbocycles. The van der Waals surface area contributed by atoms with E-state index in [1.54, 1.807) is 0 Å². The van der Waals surface area contributed by atoms with Crippen LogP contribution in [-0.2, 0) is 14.3 Å². The van der Waals surface area contributed by atoms with Crippen LogP contribution in [0.2, 0.25) is 0 Å². The summed E-state index contributed by atoms with van der Waals surface area (Å²) < 4.78 is 11.3. The first kappa shape index (κ1) is 17.5. The number of fused-ring (bicyclic) bond motifs is 10. The lowest BCUT2D eigenvalue weighted by molar-refractivity contribution is -0.360. The third kappa shape index (κ3) is 2.07. The van der Waals surface area contributed by atoms with Gasteiger partial charge in [0, 0.05) is 5.92 Å². The Kier molecular flexibility index (Phi) is 3.67. The molecule has 28 heavy (non-hydrogen) atoms. The van der Waals surface area contributed by atoms with E-state index in [1.165, 1.54) is 12.3 Å². The highest BCUT2D eigenvalue weighted by Gasteiger charge is 2.63. The third-order valence-electron chi connectivity index (χ3n) is 10.2. The van der Waals surface area contributed by atoms with Gasteiger partial charge < -0.3 is 14.6 Å². The number of ether oxygens (including phenoxy) is 2. The fourth-order valence-corrected chi connectivity index (χ4v) is 8.82. The molecule has 1 aliphatic heterocycles. The average Bonchev–Trinajstić information content (AvgIpc) is 3.44. The predicted octanol–water partition coefficient (Wildman–Crippen LogP) is 3.31. The van der Waals surface area contributed by atoms with E-state index in [4.69, 9.17) is 9.47 Å². The molecule has 0 N–H and O–H groups in total. The van der Waals surface area contributed by atoms with Crippen molar-refractivity contribution < 1.29 is 19.4 Å². The van der Waals surface area contributed by atoms with Crippen molar-refractivity contribution in [2.24, 2.45) is 59.2 Å². The summed E-state index contributed by atoms with van der Waals surface area (Å²) in [5, 5.41) is 13.1. The highest BCUT2D eigenvalue weighted by atomic mass is 16.6. The van der Waals surface area contributed by atoms with Crippen molar-refractivity contribution in [3.8, 4) is 0 Å². The molecule has 6 aliphatic rings. The van der Waals surface area contributed by atoms with Crippen molar-refractivity contribution in [1.82, 2.24) is 0 Å². The minimum Gasteiger partial charge on any atom is -0.698 e.